The van der Waals surface area contributed by atoms with Crippen LogP contribution in [0.15, 0.2) is 0 Å². The summed E-state index contributed by atoms with van der Waals surface area (Å²) in [5, 5.41) is 14.6. The summed E-state index contributed by atoms with van der Waals surface area (Å²) in [7, 11) is 0. The van der Waals surface area contributed by atoms with E-state index in [0.29, 0.717) is 26.2 Å². The molecule has 0 aromatic rings. The number of carbonyl (C=O) groups is 2. The number of aliphatic hydroxyl groups is 1. The van der Waals surface area contributed by atoms with Gasteiger partial charge in [0.1, 0.15) is 0 Å². The summed E-state index contributed by atoms with van der Waals surface area (Å²) in [6.45, 7) is 7.55. The second-order valence-electron chi connectivity index (χ2n) is 5.68. The zero-order valence-corrected chi connectivity index (χ0v) is 12.4. The number of nitrogens with one attached hydrogen (secondary N) is 2. The third-order valence-electron chi connectivity index (χ3n) is 2.94. The molecule has 0 radical (unpaired) electrons. The lowest BCUT2D eigenvalue weighted by Gasteiger charge is -2.42. The Morgan fingerprint density at radius 3 is 2.60 bits per heavy atom. The first-order valence-electron chi connectivity index (χ1n) is 6.84. The van der Waals surface area contributed by atoms with Crippen LogP contribution in [0.5, 0.6) is 0 Å². The van der Waals surface area contributed by atoms with Crippen molar-refractivity contribution >= 4 is 11.8 Å². The fourth-order valence-corrected chi connectivity index (χ4v) is 2.33. The van der Waals surface area contributed by atoms with E-state index >= 15 is 0 Å². The molecular formula is C13H25N3O4. The standard InChI is InChI=1S/C13H25N3O4/c1-10(18)14-4-5-15-12(19)7-16-6-11(8-17)20-13(2,3)9-16/h11,17H,4-9H2,1-3H3,(H,14,18)(H,15,19). The maximum atomic E-state index is 11.8. The van der Waals surface area contributed by atoms with Gasteiger partial charge in [0, 0.05) is 33.1 Å². The molecule has 1 heterocycles. The van der Waals surface area contributed by atoms with E-state index in [1.807, 2.05) is 18.7 Å². The van der Waals surface area contributed by atoms with Crippen molar-refractivity contribution in [3.63, 3.8) is 0 Å². The van der Waals surface area contributed by atoms with Crippen LogP contribution in [0.3, 0.4) is 0 Å². The minimum Gasteiger partial charge on any atom is -0.394 e. The molecule has 7 heteroatoms. The fraction of sp³-hybridized carbons (Fsp3) is 0.846. The Kier molecular flexibility index (Phi) is 6.38. The summed E-state index contributed by atoms with van der Waals surface area (Å²) in [6, 6.07) is 0. The van der Waals surface area contributed by atoms with E-state index < -0.39 is 0 Å². The highest BCUT2D eigenvalue weighted by Gasteiger charge is 2.33. The Labute approximate surface area is 119 Å². The zero-order valence-electron chi connectivity index (χ0n) is 12.4. The molecular weight excluding hydrogens is 262 g/mol. The Morgan fingerprint density at radius 1 is 1.35 bits per heavy atom. The van der Waals surface area contributed by atoms with E-state index in [0.717, 1.165) is 0 Å². The van der Waals surface area contributed by atoms with Gasteiger partial charge in [-0.05, 0) is 13.8 Å². The molecule has 1 fully saturated rings. The minimum absolute atomic E-state index is 0.0515. The van der Waals surface area contributed by atoms with E-state index in [4.69, 9.17) is 4.74 Å². The summed E-state index contributed by atoms with van der Waals surface area (Å²) in [5.74, 6) is -0.204. The highest BCUT2D eigenvalue weighted by Crippen LogP contribution is 2.20. The number of rotatable bonds is 6. The lowest BCUT2D eigenvalue weighted by molar-refractivity contribution is -0.153. The van der Waals surface area contributed by atoms with Gasteiger partial charge in [-0.1, -0.05) is 0 Å². The maximum Gasteiger partial charge on any atom is 0.234 e. The number of nitrogens with zero attached hydrogens (tertiary/aromatic N) is 1. The number of hydrogen-bond acceptors (Lipinski definition) is 5. The summed E-state index contributed by atoms with van der Waals surface area (Å²) in [5.41, 5.74) is -0.373. The average molecular weight is 287 g/mol. The smallest absolute Gasteiger partial charge is 0.234 e. The number of carbonyl (C=O) groups excluding carboxylic acids is 2. The van der Waals surface area contributed by atoms with Crippen molar-refractivity contribution in [2.75, 3.05) is 39.3 Å². The summed E-state index contributed by atoms with van der Waals surface area (Å²) in [6.07, 6.45) is -0.258. The molecule has 1 unspecified atom stereocenters. The molecule has 1 aliphatic heterocycles. The van der Waals surface area contributed by atoms with Crippen LogP contribution in [0.2, 0.25) is 0 Å². The van der Waals surface area contributed by atoms with Crippen LogP contribution in [0.1, 0.15) is 20.8 Å². The Balaban J connectivity index is 2.31. The third-order valence-corrected chi connectivity index (χ3v) is 2.94. The van der Waals surface area contributed by atoms with Crippen LogP contribution in [0, 0.1) is 0 Å². The van der Waals surface area contributed by atoms with Crippen LogP contribution < -0.4 is 10.6 Å². The Bertz CT molecular complexity index is 347. The van der Waals surface area contributed by atoms with E-state index in [2.05, 4.69) is 10.6 Å². The molecule has 1 rings (SSSR count). The van der Waals surface area contributed by atoms with Crippen LogP contribution in [0.4, 0.5) is 0 Å². The predicted molar refractivity (Wildman–Crippen MR) is 74.2 cm³/mol. The van der Waals surface area contributed by atoms with Gasteiger partial charge in [0.15, 0.2) is 0 Å². The van der Waals surface area contributed by atoms with Crippen LogP contribution in [-0.2, 0) is 14.3 Å². The molecule has 2 amide bonds. The SMILES string of the molecule is CC(=O)NCCNC(=O)CN1CC(CO)OC(C)(C)C1. The molecule has 0 saturated carbocycles. The van der Waals surface area contributed by atoms with Crippen LogP contribution in [-0.4, -0.2) is 72.9 Å². The fourth-order valence-electron chi connectivity index (χ4n) is 2.33. The van der Waals surface area contributed by atoms with Gasteiger partial charge >= 0.3 is 0 Å². The molecule has 0 spiro atoms. The molecule has 20 heavy (non-hydrogen) atoms. The van der Waals surface area contributed by atoms with Gasteiger partial charge in [0.25, 0.3) is 0 Å². The van der Waals surface area contributed by atoms with Gasteiger partial charge in [0.2, 0.25) is 11.8 Å². The Morgan fingerprint density at radius 2 is 2.00 bits per heavy atom. The average Bonchev–Trinajstić information content (AvgIpc) is 2.32. The monoisotopic (exact) mass is 287 g/mol. The van der Waals surface area contributed by atoms with Gasteiger partial charge in [-0.2, -0.15) is 0 Å². The van der Waals surface area contributed by atoms with Crippen molar-refractivity contribution < 1.29 is 19.4 Å². The van der Waals surface area contributed by atoms with Gasteiger partial charge in [-0.25, -0.2) is 0 Å². The van der Waals surface area contributed by atoms with Crippen molar-refractivity contribution in [1.29, 1.82) is 0 Å². The molecule has 0 aromatic carbocycles. The number of amides is 2. The van der Waals surface area contributed by atoms with Gasteiger partial charge in [-0.3, -0.25) is 14.5 Å². The molecule has 1 saturated heterocycles. The second kappa shape index (κ2) is 7.56. The summed E-state index contributed by atoms with van der Waals surface area (Å²) < 4.78 is 5.69. The largest absolute Gasteiger partial charge is 0.394 e. The third kappa shape index (κ3) is 6.31. The number of aliphatic hydroxyl groups excluding tert-OH is 1. The van der Waals surface area contributed by atoms with E-state index in [1.165, 1.54) is 6.92 Å². The minimum atomic E-state index is -0.373. The zero-order chi connectivity index (χ0) is 15.2. The molecule has 0 aliphatic carbocycles. The first-order chi connectivity index (χ1) is 9.32. The molecule has 3 N–H and O–H groups in total. The van der Waals surface area contributed by atoms with Crippen molar-refractivity contribution in [1.82, 2.24) is 15.5 Å². The normalized spacial score (nSPS) is 22.3. The molecule has 7 nitrogen and oxygen atoms in total. The maximum absolute atomic E-state index is 11.8. The highest BCUT2D eigenvalue weighted by atomic mass is 16.5. The van der Waals surface area contributed by atoms with Crippen molar-refractivity contribution in [2.45, 2.75) is 32.5 Å². The quantitative estimate of drug-likeness (QED) is 0.529. The summed E-state index contributed by atoms with van der Waals surface area (Å²) >= 11 is 0. The number of hydrogen-bond donors (Lipinski definition) is 3. The highest BCUT2D eigenvalue weighted by molar-refractivity contribution is 5.78. The van der Waals surface area contributed by atoms with Crippen molar-refractivity contribution in [3.05, 3.63) is 0 Å². The van der Waals surface area contributed by atoms with E-state index in [9.17, 15) is 14.7 Å². The predicted octanol–water partition coefficient (Wildman–Crippen LogP) is -1.29. The molecule has 116 valence electrons. The van der Waals surface area contributed by atoms with Gasteiger partial charge < -0.3 is 20.5 Å². The Hall–Kier alpha value is -1.18. The number of morpholine rings is 1. The molecule has 0 aromatic heterocycles. The molecule has 1 aliphatic rings. The van der Waals surface area contributed by atoms with Crippen LogP contribution >= 0.6 is 0 Å². The van der Waals surface area contributed by atoms with E-state index in [-0.39, 0.29) is 36.7 Å². The lowest BCUT2D eigenvalue weighted by atomic mass is 10.1. The first kappa shape index (κ1) is 16.9. The van der Waals surface area contributed by atoms with Crippen LogP contribution in [0.25, 0.3) is 0 Å². The van der Waals surface area contributed by atoms with Gasteiger partial charge in [-0.15, -0.1) is 0 Å². The summed E-state index contributed by atoms with van der Waals surface area (Å²) in [4.78, 5) is 24.4. The van der Waals surface area contributed by atoms with Crippen molar-refractivity contribution in [2.24, 2.45) is 0 Å². The second-order valence-corrected chi connectivity index (χ2v) is 5.68. The first-order valence-corrected chi connectivity index (χ1v) is 6.84. The van der Waals surface area contributed by atoms with Crippen molar-refractivity contribution in [3.8, 4) is 0 Å². The number of ether oxygens (including phenoxy) is 1. The molecule has 1 atom stereocenters. The lowest BCUT2D eigenvalue weighted by Crippen LogP contribution is -2.55. The van der Waals surface area contributed by atoms with E-state index in [1.54, 1.807) is 0 Å². The van der Waals surface area contributed by atoms with Gasteiger partial charge in [0.05, 0.1) is 24.9 Å². The topological polar surface area (TPSA) is 90.9 Å². The molecule has 0 bridgehead atoms.